The van der Waals surface area contributed by atoms with E-state index in [0.29, 0.717) is 5.41 Å². The predicted molar refractivity (Wildman–Crippen MR) is 65.8 cm³/mol. The van der Waals surface area contributed by atoms with Crippen LogP contribution in [0.5, 0.6) is 0 Å². The molecule has 1 aliphatic heterocycles. The highest BCUT2D eigenvalue weighted by atomic mass is 32.2. The van der Waals surface area contributed by atoms with Crippen LogP contribution in [0.2, 0.25) is 0 Å². The Hall–Kier alpha value is 0.270. The standard InChI is InChI=1S/C11H24N2S/c1-11(2)5-8-14-9-10(11)13(3)7-4-6-12/h10H,4-9,12H2,1-3H3. The Morgan fingerprint density at radius 3 is 2.79 bits per heavy atom. The summed E-state index contributed by atoms with van der Waals surface area (Å²) in [7, 11) is 2.24. The van der Waals surface area contributed by atoms with E-state index >= 15 is 0 Å². The maximum absolute atomic E-state index is 5.54. The normalized spacial score (nSPS) is 26.8. The van der Waals surface area contributed by atoms with Crippen LogP contribution in [-0.2, 0) is 0 Å². The lowest BCUT2D eigenvalue weighted by molar-refractivity contribution is 0.121. The molecule has 1 unspecified atom stereocenters. The third-order valence-electron chi connectivity index (χ3n) is 3.32. The first kappa shape index (κ1) is 12.3. The van der Waals surface area contributed by atoms with Gasteiger partial charge in [-0.05, 0) is 44.1 Å². The molecule has 1 atom stereocenters. The zero-order valence-corrected chi connectivity index (χ0v) is 10.6. The Labute approximate surface area is 92.6 Å². The van der Waals surface area contributed by atoms with Crippen LogP contribution in [0, 0.1) is 5.41 Å². The number of thioether (sulfide) groups is 1. The van der Waals surface area contributed by atoms with Crippen molar-refractivity contribution in [1.29, 1.82) is 0 Å². The van der Waals surface area contributed by atoms with Gasteiger partial charge in [-0.1, -0.05) is 13.8 Å². The zero-order chi connectivity index (χ0) is 10.6. The first-order valence-corrected chi connectivity index (χ1v) is 6.71. The van der Waals surface area contributed by atoms with Crippen molar-refractivity contribution in [2.24, 2.45) is 11.1 Å². The average molecular weight is 216 g/mol. The first-order valence-electron chi connectivity index (χ1n) is 5.56. The van der Waals surface area contributed by atoms with E-state index < -0.39 is 0 Å². The van der Waals surface area contributed by atoms with Gasteiger partial charge in [0.15, 0.2) is 0 Å². The molecule has 0 bridgehead atoms. The van der Waals surface area contributed by atoms with Crippen molar-refractivity contribution in [2.75, 3.05) is 31.6 Å². The van der Waals surface area contributed by atoms with Gasteiger partial charge in [0.05, 0.1) is 0 Å². The summed E-state index contributed by atoms with van der Waals surface area (Å²) < 4.78 is 0. The average Bonchev–Trinajstić information content (AvgIpc) is 2.13. The molecule has 1 rings (SSSR count). The van der Waals surface area contributed by atoms with Gasteiger partial charge >= 0.3 is 0 Å². The van der Waals surface area contributed by atoms with E-state index in [2.05, 4.69) is 37.6 Å². The van der Waals surface area contributed by atoms with E-state index in [1.54, 1.807) is 0 Å². The van der Waals surface area contributed by atoms with Crippen LogP contribution in [0.3, 0.4) is 0 Å². The molecule has 0 amide bonds. The van der Waals surface area contributed by atoms with Crippen LogP contribution in [0.1, 0.15) is 26.7 Å². The van der Waals surface area contributed by atoms with E-state index in [9.17, 15) is 0 Å². The molecule has 1 fully saturated rings. The van der Waals surface area contributed by atoms with Gasteiger partial charge in [0, 0.05) is 11.8 Å². The van der Waals surface area contributed by atoms with Crippen molar-refractivity contribution in [3.8, 4) is 0 Å². The number of nitrogens with zero attached hydrogens (tertiary/aromatic N) is 1. The maximum atomic E-state index is 5.54. The Bertz CT molecular complexity index is 171. The van der Waals surface area contributed by atoms with E-state index in [1.165, 1.54) is 17.9 Å². The molecular weight excluding hydrogens is 192 g/mol. The summed E-state index contributed by atoms with van der Waals surface area (Å²) in [5.74, 6) is 2.61. The van der Waals surface area contributed by atoms with Crippen molar-refractivity contribution < 1.29 is 0 Å². The van der Waals surface area contributed by atoms with E-state index in [0.717, 1.165) is 25.6 Å². The molecule has 2 nitrogen and oxygen atoms in total. The minimum absolute atomic E-state index is 0.481. The van der Waals surface area contributed by atoms with Crippen molar-refractivity contribution in [3.05, 3.63) is 0 Å². The summed E-state index contributed by atoms with van der Waals surface area (Å²) in [4.78, 5) is 2.50. The van der Waals surface area contributed by atoms with Crippen LogP contribution in [0.4, 0.5) is 0 Å². The molecule has 84 valence electrons. The molecule has 0 spiro atoms. The van der Waals surface area contributed by atoms with E-state index in [-0.39, 0.29) is 0 Å². The minimum atomic E-state index is 0.481. The fourth-order valence-electron chi connectivity index (χ4n) is 2.14. The number of rotatable bonds is 4. The largest absolute Gasteiger partial charge is 0.330 e. The van der Waals surface area contributed by atoms with Gasteiger partial charge in [0.2, 0.25) is 0 Å². The number of hydrogen-bond acceptors (Lipinski definition) is 3. The van der Waals surface area contributed by atoms with Crippen LogP contribution in [0.15, 0.2) is 0 Å². The lowest BCUT2D eigenvalue weighted by Gasteiger charge is -2.43. The molecule has 3 heteroatoms. The maximum Gasteiger partial charge on any atom is 0.0234 e. The molecule has 0 aromatic rings. The molecule has 0 aromatic carbocycles. The quantitative estimate of drug-likeness (QED) is 0.777. The lowest BCUT2D eigenvalue weighted by atomic mass is 9.81. The van der Waals surface area contributed by atoms with Gasteiger partial charge in [0.25, 0.3) is 0 Å². The van der Waals surface area contributed by atoms with Crippen LogP contribution in [0.25, 0.3) is 0 Å². The van der Waals surface area contributed by atoms with E-state index in [4.69, 9.17) is 5.73 Å². The van der Waals surface area contributed by atoms with Gasteiger partial charge in [-0.2, -0.15) is 11.8 Å². The fraction of sp³-hybridized carbons (Fsp3) is 1.00. The van der Waals surface area contributed by atoms with Crippen molar-refractivity contribution in [1.82, 2.24) is 4.90 Å². The molecule has 14 heavy (non-hydrogen) atoms. The lowest BCUT2D eigenvalue weighted by Crippen LogP contribution is -2.48. The second-order valence-corrected chi connectivity index (χ2v) is 6.10. The van der Waals surface area contributed by atoms with E-state index in [1.807, 2.05) is 0 Å². The summed E-state index contributed by atoms with van der Waals surface area (Å²) in [6, 6.07) is 0.729. The highest BCUT2D eigenvalue weighted by molar-refractivity contribution is 7.99. The highest BCUT2D eigenvalue weighted by Crippen LogP contribution is 2.36. The number of hydrogen-bond donors (Lipinski definition) is 1. The molecule has 1 saturated heterocycles. The predicted octanol–water partition coefficient (Wildman–Crippen LogP) is 1.80. The van der Waals surface area contributed by atoms with Crippen molar-refractivity contribution >= 4 is 11.8 Å². The summed E-state index contributed by atoms with van der Waals surface area (Å²) in [6.07, 6.45) is 2.46. The third-order valence-corrected chi connectivity index (χ3v) is 4.36. The molecule has 2 N–H and O–H groups in total. The minimum Gasteiger partial charge on any atom is -0.330 e. The molecule has 1 aliphatic rings. The first-order chi connectivity index (χ1) is 6.58. The van der Waals surface area contributed by atoms with Crippen molar-refractivity contribution in [3.63, 3.8) is 0 Å². The van der Waals surface area contributed by atoms with Crippen LogP contribution in [-0.4, -0.2) is 42.6 Å². The summed E-state index contributed by atoms with van der Waals surface area (Å²) in [6.45, 7) is 6.75. The Morgan fingerprint density at radius 2 is 2.21 bits per heavy atom. The molecular formula is C11H24N2S. The van der Waals surface area contributed by atoms with Gasteiger partial charge in [-0.15, -0.1) is 0 Å². The molecule has 0 radical (unpaired) electrons. The molecule has 0 aromatic heterocycles. The Kier molecular flexibility index (Phi) is 4.74. The van der Waals surface area contributed by atoms with Gasteiger partial charge < -0.3 is 10.6 Å². The Balaban J connectivity index is 2.46. The third kappa shape index (κ3) is 3.14. The molecule has 1 heterocycles. The van der Waals surface area contributed by atoms with Gasteiger partial charge in [0.1, 0.15) is 0 Å². The second-order valence-electron chi connectivity index (χ2n) is 4.95. The highest BCUT2D eigenvalue weighted by Gasteiger charge is 2.34. The topological polar surface area (TPSA) is 29.3 Å². The smallest absolute Gasteiger partial charge is 0.0234 e. The summed E-state index contributed by atoms with van der Waals surface area (Å²) >= 11 is 2.09. The fourth-order valence-corrected chi connectivity index (χ4v) is 3.91. The molecule has 0 aliphatic carbocycles. The van der Waals surface area contributed by atoms with Gasteiger partial charge in [-0.3, -0.25) is 0 Å². The number of nitrogens with two attached hydrogens (primary N) is 1. The Morgan fingerprint density at radius 1 is 1.50 bits per heavy atom. The SMILES string of the molecule is CN(CCCN)C1CSCCC1(C)C. The van der Waals surface area contributed by atoms with Gasteiger partial charge in [-0.25, -0.2) is 0 Å². The van der Waals surface area contributed by atoms with Crippen molar-refractivity contribution in [2.45, 2.75) is 32.7 Å². The van der Waals surface area contributed by atoms with Crippen LogP contribution < -0.4 is 5.73 Å². The summed E-state index contributed by atoms with van der Waals surface area (Å²) in [5.41, 5.74) is 6.02. The monoisotopic (exact) mass is 216 g/mol. The second kappa shape index (κ2) is 5.38. The summed E-state index contributed by atoms with van der Waals surface area (Å²) in [5, 5.41) is 0. The van der Waals surface area contributed by atoms with Crippen LogP contribution >= 0.6 is 11.8 Å². The zero-order valence-electron chi connectivity index (χ0n) is 9.75. The molecule has 0 saturated carbocycles.